The molecule has 0 radical (unpaired) electrons. The summed E-state index contributed by atoms with van der Waals surface area (Å²) in [6, 6.07) is 15.3. The summed E-state index contributed by atoms with van der Waals surface area (Å²) in [7, 11) is 0. The summed E-state index contributed by atoms with van der Waals surface area (Å²) in [4.78, 5) is 22.9. The number of carbonyl (C=O) groups excluding carboxylic acids is 1. The fourth-order valence-corrected chi connectivity index (χ4v) is 3.03. The van der Waals surface area contributed by atoms with Crippen molar-refractivity contribution in [2.45, 2.75) is 31.8 Å². The quantitative estimate of drug-likeness (QED) is 0.846. The van der Waals surface area contributed by atoms with Crippen molar-refractivity contribution in [1.82, 2.24) is 0 Å². The molecular weight excluding hydrogens is 318 g/mol. The largest absolute Gasteiger partial charge is 0.481 e. The Morgan fingerprint density at radius 2 is 1.88 bits per heavy atom. The van der Waals surface area contributed by atoms with E-state index < -0.39 is 5.97 Å². The highest BCUT2D eigenvalue weighted by Crippen LogP contribution is 2.29. The molecule has 0 fully saturated rings. The van der Waals surface area contributed by atoms with Crippen LogP contribution >= 0.6 is 0 Å². The Kier molecular flexibility index (Phi) is 5.46. The molecule has 1 amide bonds. The van der Waals surface area contributed by atoms with Crippen LogP contribution in [0.25, 0.3) is 0 Å². The third kappa shape index (κ3) is 4.67. The number of rotatable bonds is 6. The molecule has 3 rings (SSSR count). The van der Waals surface area contributed by atoms with Crippen molar-refractivity contribution in [2.75, 3.05) is 11.9 Å². The molecule has 130 valence electrons. The van der Waals surface area contributed by atoms with Crippen LogP contribution in [-0.2, 0) is 27.2 Å². The number of aliphatic carboxylic acids is 1. The number of benzene rings is 2. The minimum Gasteiger partial charge on any atom is -0.481 e. The van der Waals surface area contributed by atoms with Gasteiger partial charge in [-0.3, -0.25) is 9.59 Å². The summed E-state index contributed by atoms with van der Waals surface area (Å²) in [5.41, 5.74) is 3.97. The van der Waals surface area contributed by atoms with Crippen molar-refractivity contribution < 1.29 is 19.4 Å². The van der Waals surface area contributed by atoms with E-state index in [0.717, 1.165) is 17.5 Å². The number of fused-ring (bicyclic) bond motifs is 1. The van der Waals surface area contributed by atoms with Gasteiger partial charge >= 0.3 is 5.97 Å². The number of nitrogens with one attached hydrogen (secondary N) is 1. The highest BCUT2D eigenvalue weighted by Gasteiger charge is 2.23. The summed E-state index contributed by atoms with van der Waals surface area (Å²) in [6.07, 6.45) is 1.53. The van der Waals surface area contributed by atoms with E-state index in [1.165, 1.54) is 5.56 Å². The third-order valence-corrected chi connectivity index (χ3v) is 4.33. The van der Waals surface area contributed by atoms with Gasteiger partial charge in [0.25, 0.3) is 0 Å². The maximum Gasteiger partial charge on any atom is 0.303 e. The Bertz CT molecular complexity index is 755. The Hall–Kier alpha value is -2.66. The van der Waals surface area contributed by atoms with Gasteiger partial charge in [-0.2, -0.15) is 0 Å². The Balaban J connectivity index is 1.57. The fraction of sp³-hybridized carbons (Fsp3) is 0.300. The molecule has 5 nitrogen and oxygen atoms in total. The molecule has 1 aliphatic rings. The zero-order valence-electron chi connectivity index (χ0n) is 13.9. The maximum absolute atomic E-state index is 12.3. The highest BCUT2D eigenvalue weighted by atomic mass is 16.5. The molecule has 1 atom stereocenters. The lowest BCUT2D eigenvalue weighted by atomic mass is 9.95. The first-order chi connectivity index (χ1) is 12.1. The molecule has 0 aromatic heterocycles. The van der Waals surface area contributed by atoms with Crippen LogP contribution in [-0.4, -0.2) is 23.6 Å². The number of hydrogen-bond acceptors (Lipinski definition) is 3. The molecule has 2 N–H and O–H groups in total. The monoisotopic (exact) mass is 339 g/mol. The van der Waals surface area contributed by atoms with Crippen LogP contribution in [0, 0.1) is 0 Å². The van der Waals surface area contributed by atoms with E-state index in [0.29, 0.717) is 18.7 Å². The average Bonchev–Trinajstić information content (AvgIpc) is 2.61. The van der Waals surface area contributed by atoms with Crippen molar-refractivity contribution >= 4 is 17.6 Å². The number of carboxylic acid groups (broad SMARTS) is 1. The van der Waals surface area contributed by atoms with Gasteiger partial charge in [0, 0.05) is 12.1 Å². The molecule has 2 aromatic rings. The molecule has 0 aliphatic carbocycles. The minimum absolute atomic E-state index is 0.0972. The molecule has 1 aliphatic heterocycles. The van der Waals surface area contributed by atoms with E-state index >= 15 is 0 Å². The van der Waals surface area contributed by atoms with E-state index in [-0.39, 0.29) is 24.9 Å². The van der Waals surface area contributed by atoms with Gasteiger partial charge in [0.1, 0.15) is 0 Å². The van der Waals surface area contributed by atoms with Crippen LogP contribution in [0.1, 0.15) is 35.6 Å². The number of carbonyl (C=O) groups is 2. The molecule has 1 unspecified atom stereocenters. The molecular formula is C20H21NO4. The Labute approximate surface area is 146 Å². The predicted molar refractivity (Wildman–Crippen MR) is 94.5 cm³/mol. The fourth-order valence-electron chi connectivity index (χ4n) is 3.03. The van der Waals surface area contributed by atoms with Crippen LogP contribution in [0.15, 0.2) is 48.5 Å². The van der Waals surface area contributed by atoms with Crippen molar-refractivity contribution in [3.8, 4) is 0 Å². The standard InChI is InChI=1S/C20H21NO4/c22-19(13-18-17-4-2-1-3-15(17)11-12-25-18)21-16-8-5-14(6-9-16)7-10-20(23)24/h1-6,8-9,18H,7,10-13H2,(H,21,22)(H,23,24). The van der Waals surface area contributed by atoms with Crippen molar-refractivity contribution in [3.05, 3.63) is 65.2 Å². The molecule has 2 aromatic carbocycles. The topological polar surface area (TPSA) is 75.6 Å². The first-order valence-electron chi connectivity index (χ1n) is 8.42. The first kappa shape index (κ1) is 17.2. The molecule has 0 bridgehead atoms. The summed E-state index contributed by atoms with van der Waals surface area (Å²) in [5.74, 6) is -0.912. The normalized spacial score (nSPS) is 16.1. The second kappa shape index (κ2) is 7.94. The zero-order chi connectivity index (χ0) is 17.6. The molecule has 5 heteroatoms. The number of hydrogen-bond donors (Lipinski definition) is 2. The lowest BCUT2D eigenvalue weighted by molar-refractivity contribution is -0.137. The van der Waals surface area contributed by atoms with E-state index in [4.69, 9.17) is 9.84 Å². The third-order valence-electron chi connectivity index (χ3n) is 4.33. The van der Waals surface area contributed by atoms with Crippen LogP contribution in [0.3, 0.4) is 0 Å². The second-order valence-corrected chi connectivity index (χ2v) is 6.15. The predicted octanol–water partition coefficient (Wildman–Crippen LogP) is 3.35. The van der Waals surface area contributed by atoms with Crippen molar-refractivity contribution in [3.63, 3.8) is 0 Å². The SMILES string of the molecule is O=C(O)CCc1ccc(NC(=O)CC2OCCc3ccccc32)cc1. The van der Waals surface area contributed by atoms with Gasteiger partial charge in [0.15, 0.2) is 0 Å². The van der Waals surface area contributed by atoms with Gasteiger partial charge in [0.05, 0.1) is 19.1 Å². The number of ether oxygens (including phenoxy) is 1. The summed E-state index contributed by atoms with van der Waals surface area (Å²) in [6.45, 7) is 0.632. The Morgan fingerprint density at radius 3 is 2.64 bits per heavy atom. The molecule has 1 heterocycles. The second-order valence-electron chi connectivity index (χ2n) is 6.15. The highest BCUT2D eigenvalue weighted by molar-refractivity contribution is 5.91. The van der Waals surface area contributed by atoms with Crippen LogP contribution in [0.2, 0.25) is 0 Å². The summed E-state index contributed by atoms with van der Waals surface area (Å²) < 4.78 is 5.77. The number of anilines is 1. The summed E-state index contributed by atoms with van der Waals surface area (Å²) in [5, 5.41) is 11.6. The molecule has 0 saturated heterocycles. The molecule has 0 saturated carbocycles. The van der Waals surface area contributed by atoms with Crippen LogP contribution in [0.5, 0.6) is 0 Å². The molecule has 0 spiro atoms. The van der Waals surface area contributed by atoms with Crippen LogP contribution in [0.4, 0.5) is 5.69 Å². The number of carboxylic acids is 1. The van der Waals surface area contributed by atoms with E-state index in [9.17, 15) is 9.59 Å². The van der Waals surface area contributed by atoms with E-state index in [1.807, 2.05) is 30.3 Å². The van der Waals surface area contributed by atoms with E-state index in [1.54, 1.807) is 12.1 Å². The van der Waals surface area contributed by atoms with E-state index in [2.05, 4.69) is 11.4 Å². The molecule has 25 heavy (non-hydrogen) atoms. The lowest BCUT2D eigenvalue weighted by Gasteiger charge is -2.25. The van der Waals surface area contributed by atoms with Crippen molar-refractivity contribution in [2.24, 2.45) is 0 Å². The van der Waals surface area contributed by atoms with Gasteiger partial charge in [-0.05, 0) is 41.7 Å². The smallest absolute Gasteiger partial charge is 0.303 e. The summed E-state index contributed by atoms with van der Waals surface area (Å²) >= 11 is 0. The average molecular weight is 339 g/mol. The zero-order valence-corrected chi connectivity index (χ0v) is 13.9. The minimum atomic E-state index is -0.815. The number of amides is 1. The van der Waals surface area contributed by atoms with Gasteiger partial charge in [-0.25, -0.2) is 0 Å². The van der Waals surface area contributed by atoms with Gasteiger partial charge in [0.2, 0.25) is 5.91 Å². The van der Waals surface area contributed by atoms with Crippen molar-refractivity contribution in [1.29, 1.82) is 0 Å². The van der Waals surface area contributed by atoms with Gasteiger partial charge < -0.3 is 15.2 Å². The number of aryl methyl sites for hydroxylation is 1. The first-order valence-corrected chi connectivity index (χ1v) is 8.42. The maximum atomic E-state index is 12.3. The van der Waals surface area contributed by atoms with Gasteiger partial charge in [-0.15, -0.1) is 0 Å². The van der Waals surface area contributed by atoms with Crippen LogP contribution < -0.4 is 5.32 Å². The lowest BCUT2D eigenvalue weighted by Crippen LogP contribution is -2.22. The van der Waals surface area contributed by atoms with Gasteiger partial charge in [-0.1, -0.05) is 36.4 Å². The Morgan fingerprint density at radius 1 is 1.12 bits per heavy atom.